The third kappa shape index (κ3) is 3.85. The fourth-order valence-corrected chi connectivity index (χ4v) is 4.94. The molecule has 168 valence electrons. The quantitative estimate of drug-likeness (QED) is 0.473. The van der Waals surface area contributed by atoms with Gasteiger partial charge in [-0.1, -0.05) is 12.1 Å². The summed E-state index contributed by atoms with van der Waals surface area (Å²) in [6.07, 6.45) is -0.692. The van der Waals surface area contributed by atoms with Crippen molar-refractivity contribution in [2.24, 2.45) is 0 Å². The molecule has 9 nitrogen and oxygen atoms in total. The van der Waals surface area contributed by atoms with Crippen molar-refractivity contribution in [1.82, 2.24) is 19.9 Å². The first-order chi connectivity index (χ1) is 15.4. The van der Waals surface area contributed by atoms with Crippen LogP contribution in [0.5, 0.6) is 0 Å². The van der Waals surface area contributed by atoms with Crippen molar-refractivity contribution in [3.63, 3.8) is 0 Å². The normalized spacial score (nSPS) is 26.2. The minimum atomic E-state index is -0.800. The van der Waals surface area contributed by atoms with Crippen LogP contribution in [-0.2, 0) is 25.5 Å². The molecule has 1 aromatic carbocycles. The number of amides is 1. The van der Waals surface area contributed by atoms with E-state index in [4.69, 9.17) is 14.2 Å². The van der Waals surface area contributed by atoms with Crippen molar-refractivity contribution in [2.45, 2.75) is 50.6 Å². The van der Waals surface area contributed by atoms with Gasteiger partial charge in [-0.2, -0.15) is 5.10 Å². The highest BCUT2D eigenvalue weighted by molar-refractivity contribution is 14.1. The smallest absolute Gasteiger partial charge is 0.251 e. The van der Waals surface area contributed by atoms with Gasteiger partial charge in [0.2, 0.25) is 0 Å². The molecular weight excluding hydrogens is 525 g/mol. The van der Waals surface area contributed by atoms with Crippen LogP contribution in [-0.4, -0.2) is 51.7 Å². The molecule has 5 rings (SSSR count). The Morgan fingerprint density at radius 3 is 2.81 bits per heavy atom. The Labute approximate surface area is 199 Å². The van der Waals surface area contributed by atoms with E-state index >= 15 is 0 Å². The number of benzene rings is 1. The Morgan fingerprint density at radius 1 is 1.22 bits per heavy atom. The van der Waals surface area contributed by atoms with Gasteiger partial charge >= 0.3 is 0 Å². The second-order valence-electron chi connectivity index (χ2n) is 8.30. The number of aromatic nitrogens is 3. The molecule has 4 atom stereocenters. The predicted octanol–water partition coefficient (Wildman–Crippen LogP) is 2.65. The SMILES string of the molecule is CNC(=O)[C@H]1O[C@@H](c2ccc3c(NCc4cccc(I)c4)ncnn23)[C@@H]2OC(C)(C)O[C@@H]21. The monoisotopic (exact) mass is 549 g/mol. The van der Waals surface area contributed by atoms with Gasteiger partial charge in [-0.15, -0.1) is 0 Å². The lowest BCUT2D eigenvalue weighted by atomic mass is 10.1. The first-order valence-corrected chi connectivity index (χ1v) is 11.5. The first-order valence-electron chi connectivity index (χ1n) is 10.4. The van der Waals surface area contributed by atoms with Crippen molar-refractivity contribution in [1.29, 1.82) is 0 Å². The number of nitrogens with zero attached hydrogens (tertiary/aromatic N) is 3. The molecule has 0 saturated carbocycles. The van der Waals surface area contributed by atoms with E-state index in [9.17, 15) is 4.79 Å². The van der Waals surface area contributed by atoms with Crippen LogP contribution in [0.4, 0.5) is 5.82 Å². The van der Waals surface area contributed by atoms with Crippen LogP contribution in [0.25, 0.3) is 5.52 Å². The van der Waals surface area contributed by atoms with Crippen molar-refractivity contribution < 1.29 is 19.0 Å². The molecule has 0 unspecified atom stereocenters. The van der Waals surface area contributed by atoms with E-state index in [2.05, 4.69) is 61.5 Å². The lowest BCUT2D eigenvalue weighted by Crippen LogP contribution is -2.41. The second-order valence-corrected chi connectivity index (χ2v) is 9.55. The topological polar surface area (TPSA) is 99.0 Å². The molecule has 0 spiro atoms. The molecule has 0 aliphatic carbocycles. The van der Waals surface area contributed by atoms with Gasteiger partial charge in [-0.05, 0) is 66.3 Å². The summed E-state index contributed by atoms with van der Waals surface area (Å²) in [5.74, 6) is -0.323. The molecule has 1 amide bonds. The van der Waals surface area contributed by atoms with Crippen LogP contribution in [0.3, 0.4) is 0 Å². The largest absolute Gasteiger partial charge is 0.364 e. The Balaban J connectivity index is 1.45. The summed E-state index contributed by atoms with van der Waals surface area (Å²) < 4.78 is 21.2. The Morgan fingerprint density at radius 2 is 2.03 bits per heavy atom. The standard InChI is InChI=1S/C22H24IN5O4/c1-22(2)31-17-16(30-19(18(17)32-22)21(29)24-3)14-7-8-15-20(26-11-27-28(14)15)25-10-12-5-4-6-13(23)9-12/h4-9,11,16-19H,10H2,1-3H3,(H,24,29)(H,25,26,27)/t16-,17-,18-,19-/m0/s1. The van der Waals surface area contributed by atoms with E-state index in [0.717, 1.165) is 16.8 Å². The molecule has 2 aromatic heterocycles. The van der Waals surface area contributed by atoms with Crippen LogP contribution in [0.2, 0.25) is 0 Å². The van der Waals surface area contributed by atoms with Crippen molar-refractivity contribution in [3.8, 4) is 0 Å². The second kappa shape index (κ2) is 8.25. The molecule has 2 N–H and O–H groups in total. The van der Waals surface area contributed by atoms with Crippen LogP contribution >= 0.6 is 22.6 Å². The summed E-state index contributed by atoms with van der Waals surface area (Å²) in [5.41, 5.74) is 2.76. The average Bonchev–Trinajstić information content (AvgIpc) is 3.42. The summed E-state index contributed by atoms with van der Waals surface area (Å²) >= 11 is 2.30. The summed E-state index contributed by atoms with van der Waals surface area (Å²) in [6, 6.07) is 12.2. The summed E-state index contributed by atoms with van der Waals surface area (Å²) in [4.78, 5) is 16.9. The number of halogens is 1. The van der Waals surface area contributed by atoms with E-state index in [1.165, 1.54) is 9.90 Å². The molecule has 0 bridgehead atoms. The predicted molar refractivity (Wildman–Crippen MR) is 125 cm³/mol. The Kier molecular flexibility index (Phi) is 5.56. The molecule has 32 heavy (non-hydrogen) atoms. The number of hydrogen-bond acceptors (Lipinski definition) is 7. The van der Waals surface area contributed by atoms with Crippen LogP contribution in [0.1, 0.15) is 31.2 Å². The number of ether oxygens (including phenoxy) is 3. The highest BCUT2D eigenvalue weighted by atomic mass is 127. The third-order valence-electron chi connectivity index (χ3n) is 5.68. The Bertz CT molecular complexity index is 1170. The average molecular weight is 549 g/mol. The lowest BCUT2D eigenvalue weighted by Gasteiger charge is -2.23. The summed E-state index contributed by atoms with van der Waals surface area (Å²) in [5, 5.41) is 10.5. The molecular formula is C22H24IN5O4. The zero-order chi connectivity index (χ0) is 22.5. The zero-order valence-corrected chi connectivity index (χ0v) is 20.1. The number of hydrogen-bond donors (Lipinski definition) is 2. The summed E-state index contributed by atoms with van der Waals surface area (Å²) in [7, 11) is 1.58. The van der Waals surface area contributed by atoms with E-state index in [-0.39, 0.29) is 5.91 Å². The third-order valence-corrected chi connectivity index (χ3v) is 6.35. The van der Waals surface area contributed by atoms with Gasteiger partial charge in [0.05, 0.1) is 5.69 Å². The minimum absolute atomic E-state index is 0.237. The number of carbonyl (C=O) groups is 1. The number of nitrogens with one attached hydrogen (secondary N) is 2. The Hall–Kier alpha value is -2.28. The highest BCUT2D eigenvalue weighted by Gasteiger charge is 2.58. The van der Waals surface area contributed by atoms with Crippen LogP contribution < -0.4 is 10.6 Å². The van der Waals surface area contributed by atoms with Crippen LogP contribution in [0.15, 0.2) is 42.7 Å². The lowest BCUT2D eigenvalue weighted by molar-refractivity contribution is -0.190. The number of likely N-dealkylation sites (N-methyl/N-ethyl adjacent to an activating group) is 1. The number of fused-ring (bicyclic) bond motifs is 2. The molecule has 2 saturated heterocycles. The maximum absolute atomic E-state index is 12.4. The van der Waals surface area contributed by atoms with E-state index in [1.54, 1.807) is 11.6 Å². The summed E-state index contributed by atoms with van der Waals surface area (Å²) in [6.45, 7) is 4.32. The van der Waals surface area contributed by atoms with Gasteiger partial charge in [0.25, 0.3) is 5.91 Å². The van der Waals surface area contributed by atoms with Gasteiger partial charge in [0, 0.05) is 17.2 Å². The fourth-order valence-electron chi connectivity index (χ4n) is 4.33. The van der Waals surface area contributed by atoms with Gasteiger partial charge in [0.1, 0.15) is 30.2 Å². The minimum Gasteiger partial charge on any atom is -0.364 e. The van der Waals surface area contributed by atoms with Crippen molar-refractivity contribution in [3.05, 3.63) is 57.6 Å². The van der Waals surface area contributed by atoms with Gasteiger partial charge < -0.3 is 24.8 Å². The molecule has 2 aliphatic rings. The number of rotatable bonds is 5. The van der Waals surface area contributed by atoms with E-state index < -0.39 is 30.2 Å². The molecule has 10 heteroatoms. The molecule has 2 fully saturated rings. The van der Waals surface area contributed by atoms with E-state index in [1.807, 2.05) is 32.0 Å². The molecule has 2 aliphatic heterocycles. The van der Waals surface area contributed by atoms with Gasteiger partial charge in [-0.25, -0.2) is 9.50 Å². The van der Waals surface area contributed by atoms with Crippen LogP contribution in [0, 0.1) is 3.57 Å². The number of carbonyl (C=O) groups excluding carboxylic acids is 1. The molecule has 3 aromatic rings. The van der Waals surface area contributed by atoms with Gasteiger partial charge in [0.15, 0.2) is 17.7 Å². The maximum Gasteiger partial charge on any atom is 0.251 e. The molecule has 0 radical (unpaired) electrons. The highest BCUT2D eigenvalue weighted by Crippen LogP contribution is 2.45. The fraction of sp³-hybridized carbons (Fsp3) is 0.409. The molecule has 4 heterocycles. The maximum atomic E-state index is 12.4. The van der Waals surface area contributed by atoms with Gasteiger partial charge in [-0.3, -0.25) is 4.79 Å². The number of anilines is 1. The van der Waals surface area contributed by atoms with Crippen molar-refractivity contribution in [2.75, 3.05) is 12.4 Å². The van der Waals surface area contributed by atoms with Crippen molar-refractivity contribution >= 4 is 39.8 Å². The zero-order valence-electron chi connectivity index (χ0n) is 17.9. The van der Waals surface area contributed by atoms with E-state index in [0.29, 0.717) is 12.4 Å². The first kappa shape index (κ1) is 21.6.